The van der Waals surface area contributed by atoms with Gasteiger partial charge in [-0.15, -0.1) is 11.3 Å². The van der Waals surface area contributed by atoms with Crippen molar-refractivity contribution in [3.8, 4) is 0 Å². The molecule has 1 aromatic heterocycles. The lowest BCUT2D eigenvalue weighted by Crippen LogP contribution is -2.27. The Morgan fingerprint density at radius 2 is 2.19 bits per heavy atom. The van der Waals surface area contributed by atoms with Crippen molar-refractivity contribution in [2.75, 3.05) is 0 Å². The highest BCUT2D eigenvalue weighted by Crippen LogP contribution is 2.22. The average molecular weight is 330 g/mol. The smallest absolute Gasteiger partial charge is 0.244 e. The molecule has 2 aromatic rings. The van der Waals surface area contributed by atoms with Crippen LogP contribution in [0.25, 0.3) is 0 Å². The third-order valence-electron chi connectivity index (χ3n) is 2.81. The van der Waals surface area contributed by atoms with Gasteiger partial charge in [-0.1, -0.05) is 6.07 Å². The predicted molar refractivity (Wildman–Crippen MR) is 77.9 cm³/mol. The van der Waals surface area contributed by atoms with E-state index >= 15 is 0 Å². The van der Waals surface area contributed by atoms with Crippen LogP contribution in [0.1, 0.15) is 29.2 Å². The molecule has 1 atom stereocenters. The van der Waals surface area contributed by atoms with Crippen LogP contribution in [0.15, 0.2) is 28.5 Å². The van der Waals surface area contributed by atoms with E-state index in [0.29, 0.717) is 10.6 Å². The van der Waals surface area contributed by atoms with Gasteiger partial charge in [-0.3, -0.25) is 0 Å². The first kappa shape index (κ1) is 16.0. The molecule has 0 radical (unpaired) electrons. The number of rotatable bonds is 5. The topological polar surface area (TPSA) is 79.3 Å². The zero-order valence-electron chi connectivity index (χ0n) is 11.5. The van der Waals surface area contributed by atoms with Gasteiger partial charge in [0.2, 0.25) is 10.0 Å². The molecule has 0 saturated carbocycles. The fourth-order valence-electron chi connectivity index (χ4n) is 1.77. The number of aromatic nitrogens is 1. The van der Waals surface area contributed by atoms with E-state index in [9.17, 15) is 12.8 Å². The number of hydrogen-bond acceptors (Lipinski definition) is 5. The van der Waals surface area contributed by atoms with Crippen LogP contribution in [0.2, 0.25) is 0 Å². The van der Waals surface area contributed by atoms with E-state index in [1.165, 1.54) is 17.4 Å². The van der Waals surface area contributed by atoms with Crippen LogP contribution >= 0.6 is 11.3 Å². The van der Waals surface area contributed by atoms with Gasteiger partial charge in [0.05, 0.1) is 12.6 Å². The second-order valence-corrected chi connectivity index (χ2v) is 7.17. The number of aryl methyl sites for hydroxylation is 1. The molecule has 2 N–H and O–H groups in total. The van der Waals surface area contributed by atoms with E-state index in [4.69, 9.17) is 5.11 Å². The molecule has 0 aliphatic carbocycles. The molecule has 0 bridgehead atoms. The molecule has 1 heterocycles. The van der Waals surface area contributed by atoms with Crippen LogP contribution in [0, 0.1) is 12.7 Å². The molecule has 114 valence electrons. The number of aliphatic hydroxyl groups is 1. The Balaban J connectivity index is 2.30. The molecule has 8 heteroatoms. The van der Waals surface area contributed by atoms with Crippen molar-refractivity contribution in [1.29, 1.82) is 0 Å². The molecule has 0 saturated heterocycles. The lowest BCUT2D eigenvalue weighted by Gasteiger charge is -2.13. The number of sulfonamides is 1. The van der Waals surface area contributed by atoms with Crippen molar-refractivity contribution in [3.05, 3.63) is 45.7 Å². The van der Waals surface area contributed by atoms with E-state index in [1.54, 1.807) is 6.92 Å². The van der Waals surface area contributed by atoms with E-state index < -0.39 is 26.8 Å². The van der Waals surface area contributed by atoms with Crippen molar-refractivity contribution in [2.24, 2.45) is 0 Å². The largest absolute Gasteiger partial charge is 0.392 e. The maximum Gasteiger partial charge on any atom is 0.244 e. The number of aliphatic hydroxyl groups excluding tert-OH is 1. The summed E-state index contributed by atoms with van der Waals surface area (Å²) in [6, 6.07) is 2.92. The molecule has 0 spiro atoms. The van der Waals surface area contributed by atoms with Gasteiger partial charge in [0, 0.05) is 11.1 Å². The lowest BCUT2D eigenvalue weighted by molar-refractivity contribution is 0.281. The van der Waals surface area contributed by atoms with E-state index in [-0.39, 0.29) is 6.61 Å². The monoisotopic (exact) mass is 330 g/mol. The van der Waals surface area contributed by atoms with E-state index in [2.05, 4.69) is 9.71 Å². The normalized spacial score (nSPS) is 13.3. The maximum absolute atomic E-state index is 13.7. The minimum Gasteiger partial charge on any atom is -0.392 e. The van der Waals surface area contributed by atoms with Gasteiger partial charge in [0.1, 0.15) is 15.7 Å². The minimum atomic E-state index is -4.03. The third-order valence-corrected chi connectivity index (χ3v) is 5.51. The minimum absolute atomic E-state index is 0.328. The fraction of sp³-hybridized carbons (Fsp3) is 0.308. The number of nitrogens with zero attached hydrogens (tertiary/aromatic N) is 1. The highest BCUT2D eigenvalue weighted by molar-refractivity contribution is 7.89. The summed E-state index contributed by atoms with van der Waals surface area (Å²) in [7, 11) is -4.03. The summed E-state index contributed by atoms with van der Waals surface area (Å²) < 4.78 is 40.6. The van der Waals surface area contributed by atoms with Crippen LogP contribution in [0.3, 0.4) is 0 Å². The van der Waals surface area contributed by atoms with Gasteiger partial charge in [-0.25, -0.2) is 22.5 Å². The van der Waals surface area contributed by atoms with Gasteiger partial charge < -0.3 is 5.11 Å². The Morgan fingerprint density at radius 3 is 2.76 bits per heavy atom. The van der Waals surface area contributed by atoms with Gasteiger partial charge in [-0.2, -0.15) is 0 Å². The summed E-state index contributed by atoms with van der Waals surface area (Å²) >= 11 is 1.33. The Labute approximate surface area is 126 Å². The highest BCUT2D eigenvalue weighted by atomic mass is 32.2. The molecule has 2 rings (SSSR count). The highest BCUT2D eigenvalue weighted by Gasteiger charge is 2.23. The number of benzene rings is 1. The summed E-state index contributed by atoms with van der Waals surface area (Å²) in [5, 5.41) is 11.5. The van der Waals surface area contributed by atoms with Crippen molar-refractivity contribution in [2.45, 2.75) is 31.4 Å². The second kappa shape index (κ2) is 6.18. The average Bonchev–Trinajstić information content (AvgIpc) is 2.85. The molecular formula is C13H15FN2O3S2. The summed E-state index contributed by atoms with van der Waals surface area (Å²) in [6.45, 7) is 3.10. The number of nitrogens with one attached hydrogen (secondary N) is 1. The van der Waals surface area contributed by atoms with Crippen LogP contribution in [0.4, 0.5) is 4.39 Å². The summed E-state index contributed by atoms with van der Waals surface area (Å²) in [4.78, 5) is 3.72. The zero-order chi connectivity index (χ0) is 15.6. The molecule has 1 aromatic carbocycles. The first-order chi connectivity index (χ1) is 9.83. The summed E-state index contributed by atoms with van der Waals surface area (Å²) in [5.41, 5.74) is 1.13. The zero-order valence-corrected chi connectivity index (χ0v) is 13.1. The number of thiazole rings is 1. The second-order valence-electron chi connectivity index (χ2n) is 4.59. The SMILES string of the molecule is Cc1csc(C(C)NS(=O)(=O)c2cc(CO)ccc2F)n1. The molecule has 0 aliphatic heterocycles. The molecule has 21 heavy (non-hydrogen) atoms. The standard InChI is InChI=1S/C13H15FN2O3S2/c1-8-7-20-13(15-8)9(2)16-21(18,19)12-5-10(6-17)3-4-11(12)14/h3-5,7,9,16-17H,6H2,1-2H3. The van der Waals surface area contributed by atoms with Gasteiger partial charge >= 0.3 is 0 Å². The van der Waals surface area contributed by atoms with E-state index in [0.717, 1.165) is 17.8 Å². The fourth-order valence-corrected chi connectivity index (χ4v) is 3.98. The summed E-state index contributed by atoms with van der Waals surface area (Å²) in [5.74, 6) is -0.859. The number of halogens is 1. The van der Waals surface area contributed by atoms with Crippen LogP contribution in [-0.2, 0) is 16.6 Å². The Bertz CT molecular complexity index is 744. The Hall–Kier alpha value is -1.35. The lowest BCUT2D eigenvalue weighted by atomic mass is 10.2. The maximum atomic E-state index is 13.7. The number of hydrogen-bond donors (Lipinski definition) is 2. The first-order valence-electron chi connectivity index (χ1n) is 6.17. The van der Waals surface area contributed by atoms with Crippen LogP contribution < -0.4 is 4.72 Å². The van der Waals surface area contributed by atoms with Gasteiger partial charge in [0.25, 0.3) is 0 Å². The first-order valence-corrected chi connectivity index (χ1v) is 8.53. The van der Waals surface area contributed by atoms with Crippen molar-refractivity contribution >= 4 is 21.4 Å². The Morgan fingerprint density at radius 1 is 1.48 bits per heavy atom. The van der Waals surface area contributed by atoms with Crippen molar-refractivity contribution in [3.63, 3.8) is 0 Å². The van der Waals surface area contributed by atoms with Crippen LogP contribution in [-0.4, -0.2) is 18.5 Å². The molecule has 5 nitrogen and oxygen atoms in total. The van der Waals surface area contributed by atoms with Crippen molar-refractivity contribution in [1.82, 2.24) is 9.71 Å². The predicted octanol–water partition coefficient (Wildman–Crippen LogP) is 2.12. The molecule has 0 fully saturated rings. The molecule has 1 unspecified atom stereocenters. The van der Waals surface area contributed by atoms with E-state index in [1.807, 2.05) is 12.3 Å². The molecule has 0 amide bonds. The third kappa shape index (κ3) is 3.65. The van der Waals surface area contributed by atoms with Crippen molar-refractivity contribution < 1.29 is 17.9 Å². The Kier molecular flexibility index (Phi) is 4.72. The molecular weight excluding hydrogens is 315 g/mol. The van der Waals surface area contributed by atoms with Gasteiger partial charge in [-0.05, 0) is 31.5 Å². The quantitative estimate of drug-likeness (QED) is 0.880. The molecule has 0 aliphatic rings. The summed E-state index contributed by atoms with van der Waals surface area (Å²) in [6.07, 6.45) is 0. The van der Waals surface area contributed by atoms with Gasteiger partial charge in [0.15, 0.2) is 0 Å². The van der Waals surface area contributed by atoms with Crippen LogP contribution in [0.5, 0.6) is 0 Å².